The summed E-state index contributed by atoms with van der Waals surface area (Å²) in [5, 5.41) is 2.47. The lowest BCUT2D eigenvalue weighted by Gasteiger charge is -2.13. The van der Waals surface area contributed by atoms with Gasteiger partial charge in [-0.3, -0.25) is 19.3 Å². The molecule has 3 rings (SSSR count). The molecule has 0 aromatic heterocycles. The lowest BCUT2D eigenvalue weighted by Crippen LogP contribution is -2.37. The number of nitrogens with zero attached hydrogens (tertiary/aromatic N) is 1. The Bertz CT molecular complexity index is 892. The summed E-state index contributed by atoms with van der Waals surface area (Å²) in [6.07, 6.45) is 2.76. The summed E-state index contributed by atoms with van der Waals surface area (Å²) >= 11 is 0.933. The van der Waals surface area contributed by atoms with Crippen LogP contribution in [-0.2, 0) is 16.0 Å². The van der Waals surface area contributed by atoms with Gasteiger partial charge in [-0.2, -0.15) is 0 Å². The van der Waals surface area contributed by atoms with Crippen molar-refractivity contribution in [3.63, 3.8) is 0 Å². The molecule has 1 aliphatic rings. The minimum atomic E-state index is -0.311. The summed E-state index contributed by atoms with van der Waals surface area (Å²) in [6, 6.07) is 17.5. The molecule has 1 heterocycles. The maximum atomic E-state index is 12.5. The molecule has 1 aliphatic heterocycles. The van der Waals surface area contributed by atoms with Crippen LogP contribution in [0.2, 0.25) is 0 Å². The van der Waals surface area contributed by atoms with E-state index in [-0.39, 0.29) is 30.1 Å². The number of carbonyl (C=O) groups excluding carboxylic acids is 3. The molecule has 0 atom stereocenters. The average Bonchev–Trinajstić information content (AvgIpc) is 2.96. The van der Waals surface area contributed by atoms with E-state index in [0.717, 1.165) is 28.5 Å². The Balaban J connectivity index is 1.48. The minimum absolute atomic E-state index is 0.0916. The molecule has 144 valence electrons. The van der Waals surface area contributed by atoms with Gasteiger partial charge in [0.25, 0.3) is 11.1 Å². The highest BCUT2D eigenvalue weighted by molar-refractivity contribution is 8.18. The monoisotopic (exact) mass is 394 g/mol. The van der Waals surface area contributed by atoms with Gasteiger partial charge in [0, 0.05) is 19.5 Å². The fourth-order valence-electron chi connectivity index (χ4n) is 2.80. The number of aryl methyl sites for hydroxylation is 2. The second kappa shape index (κ2) is 9.37. The first kappa shape index (κ1) is 19.9. The van der Waals surface area contributed by atoms with Crippen LogP contribution in [0.3, 0.4) is 0 Å². The zero-order valence-corrected chi connectivity index (χ0v) is 16.5. The second-order valence-corrected chi connectivity index (χ2v) is 7.57. The van der Waals surface area contributed by atoms with Gasteiger partial charge in [0.2, 0.25) is 5.91 Å². The Kier molecular flexibility index (Phi) is 6.66. The lowest BCUT2D eigenvalue weighted by atomic mass is 10.1. The van der Waals surface area contributed by atoms with Crippen molar-refractivity contribution >= 4 is 34.9 Å². The average molecular weight is 394 g/mol. The Morgan fingerprint density at radius 2 is 1.79 bits per heavy atom. The molecule has 0 saturated carbocycles. The van der Waals surface area contributed by atoms with Gasteiger partial charge in [-0.15, -0.1) is 0 Å². The van der Waals surface area contributed by atoms with Gasteiger partial charge < -0.3 is 5.32 Å². The van der Waals surface area contributed by atoms with Crippen molar-refractivity contribution in [2.45, 2.75) is 19.8 Å². The number of nitrogens with one attached hydrogen (secondary N) is 1. The van der Waals surface area contributed by atoms with Crippen LogP contribution in [0.1, 0.15) is 23.1 Å². The molecule has 0 bridgehead atoms. The van der Waals surface area contributed by atoms with Crippen LogP contribution < -0.4 is 5.32 Å². The third-order valence-electron chi connectivity index (χ3n) is 4.39. The predicted octanol–water partition coefficient (Wildman–Crippen LogP) is 3.78. The number of benzene rings is 2. The van der Waals surface area contributed by atoms with Gasteiger partial charge in [-0.05, 0) is 42.3 Å². The molecule has 1 saturated heterocycles. The van der Waals surface area contributed by atoms with Gasteiger partial charge in [-0.1, -0.05) is 60.2 Å². The number of hydrogen-bond acceptors (Lipinski definition) is 4. The normalized spacial score (nSPS) is 15.3. The van der Waals surface area contributed by atoms with Gasteiger partial charge in [0.1, 0.15) is 0 Å². The highest BCUT2D eigenvalue weighted by Crippen LogP contribution is 2.31. The summed E-state index contributed by atoms with van der Waals surface area (Å²) in [5.41, 5.74) is 3.11. The largest absolute Gasteiger partial charge is 0.354 e. The number of carbonyl (C=O) groups is 3. The molecular formula is C22H22N2O3S. The first-order valence-electron chi connectivity index (χ1n) is 9.15. The third kappa shape index (κ3) is 5.33. The molecular weight excluding hydrogens is 372 g/mol. The van der Waals surface area contributed by atoms with Crippen molar-refractivity contribution in [2.24, 2.45) is 0 Å². The van der Waals surface area contributed by atoms with E-state index in [9.17, 15) is 14.4 Å². The summed E-state index contributed by atoms with van der Waals surface area (Å²) in [4.78, 5) is 38.2. The zero-order valence-electron chi connectivity index (χ0n) is 15.7. The van der Waals surface area contributed by atoms with Crippen LogP contribution in [0.4, 0.5) is 4.79 Å². The van der Waals surface area contributed by atoms with Crippen molar-refractivity contribution in [1.82, 2.24) is 10.2 Å². The molecule has 2 aromatic rings. The Morgan fingerprint density at radius 3 is 2.50 bits per heavy atom. The number of hydrogen-bond donors (Lipinski definition) is 1. The smallest absolute Gasteiger partial charge is 0.293 e. The summed E-state index contributed by atoms with van der Waals surface area (Å²) < 4.78 is 0. The first-order chi connectivity index (χ1) is 13.5. The van der Waals surface area contributed by atoms with E-state index in [1.165, 1.54) is 4.90 Å². The maximum Gasteiger partial charge on any atom is 0.293 e. The molecule has 0 aliphatic carbocycles. The van der Waals surface area contributed by atoms with Crippen molar-refractivity contribution < 1.29 is 14.4 Å². The van der Waals surface area contributed by atoms with Crippen molar-refractivity contribution in [2.75, 3.05) is 13.1 Å². The molecule has 1 N–H and O–H groups in total. The van der Waals surface area contributed by atoms with E-state index >= 15 is 0 Å². The fraction of sp³-hybridized carbons (Fsp3) is 0.227. The number of amides is 3. The van der Waals surface area contributed by atoms with Gasteiger partial charge in [0.15, 0.2) is 0 Å². The van der Waals surface area contributed by atoms with Gasteiger partial charge in [0.05, 0.1) is 4.91 Å². The van der Waals surface area contributed by atoms with Crippen LogP contribution in [0, 0.1) is 6.92 Å². The van der Waals surface area contributed by atoms with Gasteiger partial charge >= 0.3 is 0 Å². The maximum absolute atomic E-state index is 12.5. The summed E-state index contributed by atoms with van der Waals surface area (Å²) in [6.45, 7) is 2.42. The highest BCUT2D eigenvalue weighted by Gasteiger charge is 2.34. The third-order valence-corrected chi connectivity index (χ3v) is 5.30. The van der Waals surface area contributed by atoms with Crippen molar-refractivity contribution in [3.05, 3.63) is 76.2 Å². The van der Waals surface area contributed by atoms with Crippen LogP contribution in [0.5, 0.6) is 0 Å². The van der Waals surface area contributed by atoms with E-state index in [1.807, 2.05) is 61.5 Å². The molecule has 1 fully saturated rings. The fourth-order valence-corrected chi connectivity index (χ4v) is 3.67. The molecule has 0 unspecified atom stereocenters. The van der Waals surface area contributed by atoms with Crippen LogP contribution in [-0.4, -0.2) is 35.0 Å². The standard InChI is InChI=1S/C22H22N2O3S/c1-16-7-9-18(10-8-16)15-19-21(26)24(22(27)28-19)14-13-23-20(25)12-11-17-5-3-2-4-6-17/h2-10,15H,11-14H2,1H3,(H,23,25)/b19-15-. The van der Waals surface area contributed by atoms with E-state index in [1.54, 1.807) is 6.08 Å². The number of imide groups is 1. The highest BCUT2D eigenvalue weighted by atomic mass is 32.2. The molecule has 0 radical (unpaired) electrons. The zero-order chi connectivity index (χ0) is 19.9. The molecule has 3 amide bonds. The van der Waals surface area contributed by atoms with E-state index < -0.39 is 0 Å². The SMILES string of the molecule is Cc1ccc(/C=C2\SC(=O)N(CCNC(=O)CCc3ccccc3)C2=O)cc1. The Morgan fingerprint density at radius 1 is 1.07 bits per heavy atom. The molecule has 28 heavy (non-hydrogen) atoms. The molecule has 2 aromatic carbocycles. The number of rotatable bonds is 7. The molecule has 0 spiro atoms. The van der Waals surface area contributed by atoms with Crippen LogP contribution in [0.25, 0.3) is 6.08 Å². The van der Waals surface area contributed by atoms with Crippen molar-refractivity contribution in [3.8, 4) is 0 Å². The van der Waals surface area contributed by atoms with Crippen LogP contribution >= 0.6 is 11.8 Å². The summed E-state index contributed by atoms with van der Waals surface area (Å²) in [5.74, 6) is -0.403. The van der Waals surface area contributed by atoms with Crippen LogP contribution in [0.15, 0.2) is 59.5 Å². The lowest BCUT2D eigenvalue weighted by molar-refractivity contribution is -0.124. The van der Waals surface area contributed by atoms with E-state index in [4.69, 9.17) is 0 Å². The molecule has 5 nitrogen and oxygen atoms in total. The Hall–Kier alpha value is -2.86. The first-order valence-corrected chi connectivity index (χ1v) is 9.97. The predicted molar refractivity (Wildman–Crippen MR) is 112 cm³/mol. The second-order valence-electron chi connectivity index (χ2n) is 6.58. The molecule has 6 heteroatoms. The number of thioether (sulfide) groups is 1. The van der Waals surface area contributed by atoms with E-state index in [0.29, 0.717) is 17.7 Å². The minimum Gasteiger partial charge on any atom is -0.354 e. The Labute approximate surface area is 168 Å². The summed E-state index contributed by atoms with van der Waals surface area (Å²) in [7, 11) is 0. The quantitative estimate of drug-likeness (QED) is 0.726. The van der Waals surface area contributed by atoms with Crippen molar-refractivity contribution in [1.29, 1.82) is 0 Å². The topological polar surface area (TPSA) is 66.5 Å². The van der Waals surface area contributed by atoms with E-state index in [2.05, 4.69) is 5.32 Å². The van der Waals surface area contributed by atoms with Gasteiger partial charge in [-0.25, -0.2) is 0 Å².